The van der Waals surface area contributed by atoms with Gasteiger partial charge in [-0.2, -0.15) is 0 Å². The van der Waals surface area contributed by atoms with E-state index in [0.29, 0.717) is 12.5 Å². The number of rotatable bonds is 11. The maximum absolute atomic E-state index is 13.3. The van der Waals surface area contributed by atoms with E-state index in [1.165, 1.54) is 6.42 Å². The first kappa shape index (κ1) is 27.2. The molecule has 2 saturated heterocycles. The van der Waals surface area contributed by atoms with Crippen molar-refractivity contribution >= 4 is 12.1 Å². The Bertz CT molecular complexity index is 757. The van der Waals surface area contributed by atoms with Crippen molar-refractivity contribution in [3.8, 4) is 0 Å². The molecule has 2 fully saturated rings. The minimum absolute atomic E-state index is 0.0242. The van der Waals surface area contributed by atoms with Crippen molar-refractivity contribution in [2.75, 3.05) is 53.0 Å². The Morgan fingerprint density at radius 1 is 1.20 bits per heavy atom. The Balaban J connectivity index is 1.59. The molecule has 0 spiro atoms. The van der Waals surface area contributed by atoms with Gasteiger partial charge in [0, 0.05) is 51.4 Å². The molecule has 1 aromatic rings. The Morgan fingerprint density at radius 2 is 2.03 bits per heavy atom. The molecule has 35 heavy (non-hydrogen) atoms. The zero-order valence-electron chi connectivity index (χ0n) is 20.9. The van der Waals surface area contributed by atoms with Crippen molar-refractivity contribution in [2.45, 2.75) is 50.7 Å². The second kappa shape index (κ2) is 14.9. The van der Waals surface area contributed by atoms with E-state index in [1.54, 1.807) is 0 Å². The Hall–Kier alpha value is -2.36. The molecule has 0 radical (unpaired) electrons. The van der Waals surface area contributed by atoms with Gasteiger partial charge < -0.3 is 35.4 Å². The maximum atomic E-state index is 13.3. The zero-order chi connectivity index (χ0) is 24.9. The van der Waals surface area contributed by atoms with Gasteiger partial charge in [-0.25, -0.2) is 9.59 Å². The summed E-state index contributed by atoms with van der Waals surface area (Å²) in [6, 6.07) is 10.0. The number of hydrogen-bond acceptors (Lipinski definition) is 5. The van der Waals surface area contributed by atoms with Gasteiger partial charge in [-0.15, -0.1) is 0 Å². The predicted octanol–water partition coefficient (Wildman–Crippen LogP) is 3.23. The highest BCUT2D eigenvalue weighted by Crippen LogP contribution is 2.33. The molecule has 0 bridgehead atoms. The van der Waals surface area contributed by atoms with Gasteiger partial charge in [0.25, 0.3) is 0 Å². The minimum Gasteiger partial charge on any atom is -0.465 e. The van der Waals surface area contributed by atoms with Crippen molar-refractivity contribution in [3.05, 3.63) is 35.9 Å². The summed E-state index contributed by atoms with van der Waals surface area (Å²) in [5.74, 6) is 0.611. The predicted molar refractivity (Wildman–Crippen MR) is 134 cm³/mol. The Kier molecular flexibility index (Phi) is 11.6. The molecule has 1 unspecified atom stereocenters. The van der Waals surface area contributed by atoms with E-state index < -0.39 is 6.09 Å². The third-order valence-electron chi connectivity index (χ3n) is 6.88. The number of likely N-dealkylation sites (N-methyl/N-ethyl adjacent to an activating group) is 1. The topological polar surface area (TPSA) is 112 Å². The fraction of sp³-hybridized carbons (Fsp3) is 0.692. The summed E-state index contributed by atoms with van der Waals surface area (Å²) in [6.45, 7) is 4.18. The normalized spacial score (nSPS) is 22.6. The van der Waals surface area contributed by atoms with Crippen LogP contribution in [-0.2, 0) is 9.47 Å². The third kappa shape index (κ3) is 9.31. The van der Waals surface area contributed by atoms with Crippen LogP contribution in [0, 0.1) is 11.8 Å². The van der Waals surface area contributed by atoms with Gasteiger partial charge in [0.2, 0.25) is 0 Å². The Morgan fingerprint density at radius 3 is 2.80 bits per heavy atom. The number of urea groups is 1. The van der Waals surface area contributed by atoms with Crippen molar-refractivity contribution in [1.82, 2.24) is 20.9 Å². The average Bonchev–Trinajstić information content (AvgIpc) is 3.13. The summed E-state index contributed by atoms with van der Waals surface area (Å²) in [7, 11) is 1.92. The van der Waals surface area contributed by atoms with Crippen LogP contribution in [0.1, 0.15) is 50.2 Å². The van der Waals surface area contributed by atoms with Crippen molar-refractivity contribution in [1.29, 1.82) is 0 Å². The first-order valence-electron chi connectivity index (χ1n) is 13.0. The van der Waals surface area contributed by atoms with Crippen LogP contribution in [0.4, 0.5) is 9.59 Å². The van der Waals surface area contributed by atoms with Crippen LogP contribution in [0.3, 0.4) is 0 Å². The number of benzene rings is 1. The fourth-order valence-corrected chi connectivity index (χ4v) is 5.20. The first-order valence-corrected chi connectivity index (χ1v) is 13.0. The van der Waals surface area contributed by atoms with Gasteiger partial charge in [-0.05, 0) is 50.6 Å². The third-order valence-corrected chi connectivity index (χ3v) is 6.88. The number of amides is 3. The zero-order valence-corrected chi connectivity index (χ0v) is 20.9. The molecule has 0 aromatic heterocycles. The van der Waals surface area contributed by atoms with E-state index in [4.69, 9.17) is 14.6 Å². The number of piperidine rings is 1. The molecule has 3 rings (SSSR count). The number of carbonyl (C=O) groups is 2. The highest BCUT2D eigenvalue weighted by molar-refractivity contribution is 5.74. The molecular weight excluding hydrogens is 448 g/mol. The molecule has 9 heteroatoms. The monoisotopic (exact) mass is 490 g/mol. The second-order valence-corrected chi connectivity index (χ2v) is 9.66. The first-order chi connectivity index (χ1) is 17.1. The fourth-order valence-electron chi connectivity index (χ4n) is 5.20. The van der Waals surface area contributed by atoms with Crippen LogP contribution >= 0.6 is 0 Å². The second-order valence-electron chi connectivity index (χ2n) is 9.66. The van der Waals surface area contributed by atoms with E-state index in [1.807, 2.05) is 42.3 Å². The smallest absolute Gasteiger partial charge is 0.404 e. The lowest BCUT2D eigenvalue weighted by atomic mass is 9.88. The summed E-state index contributed by atoms with van der Waals surface area (Å²) in [4.78, 5) is 26.0. The molecule has 2 heterocycles. The molecule has 2 aliphatic rings. The number of carboxylic acid groups (broad SMARTS) is 1. The van der Waals surface area contributed by atoms with Crippen molar-refractivity contribution in [3.63, 3.8) is 0 Å². The van der Waals surface area contributed by atoms with E-state index in [9.17, 15) is 9.59 Å². The highest BCUT2D eigenvalue weighted by atomic mass is 16.5. The van der Waals surface area contributed by atoms with Crippen molar-refractivity contribution in [2.24, 2.45) is 11.8 Å². The summed E-state index contributed by atoms with van der Waals surface area (Å²) in [5.41, 5.74) is 1.05. The van der Waals surface area contributed by atoms with Crippen molar-refractivity contribution < 1.29 is 24.2 Å². The molecule has 9 nitrogen and oxygen atoms in total. The van der Waals surface area contributed by atoms with E-state index >= 15 is 0 Å². The summed E-state index contributed by atoms with van der Waals surface area (Å²) >= 11 is 0. The van der Waals surface area contributed by atoms with Crippen LogP contribution in [-0.4, -0.2) is 81.2 Å². The van der Waals surface area contributed by atoms with Crippen LogP contribution < -0.4 is 16.0 Å². The standard InChI is InChI=1S/C26H42N4O5/c1-27-17-23(16-20-8-5-6-14-34-19-20)29-25(31)30-13-7-11-22(18-30)24(21-9-3-2-4-10-21)35-15-12-28-26(32)33/h2-4,9-10,20,22-24,27-28H,5-8,11-19H2,1H3,(H,29,31)(H,32,33)/t20-,22-,23+,24?/m1/s1. The molecule has 4 N–H and O–H groups in total. The Labute approximate surface area is 208 Å². The molecule has 1 aromatic carbocycles. The molecule has 4 atom stereocenters. The van der Waals surface area contributed by atoms with E-state index in [-0.39, 0.29) is 37.2 Å². The molecule has 196 valence electrons. The minimum atomic E-state index is -1.06. The average molecular weight is 491 g/mol. The molecule has 0 aliphatic carbocycles. The van der Waals surface area contributed by atoms with Crippen LogP contribution in [0.5, 0.6) is 0 Å². The van der Waals surface area contributed by atoms with E-state index in [2.05, 4.69) is 16.0 Å². The quantitative estimate of drug-likeness (QED) is 0.355. The number of nitrogens with one attached hydrogen (secondary N) is 3. The van der Waals surface area contributed by atoms with Crippen LogP contribution in [0.25, 0.3) is 0 Å². The van der Waals surface area contributed by atoms with Gasteiger partial charge in [0.1, 0.15) is 0 Å². The van der Waals surface area contributed by atoms with Gasteiger partial charge in [0.15, 0.2) is 0 Å². The van der Waals surface area contributed by atoms with Gasteiger partial charge >= 0.3 is 12.1 Å². The molecular formula is C26H42N4O5. The van der Waals surface area contributed by atoms with Gasteiger partial charge in [-0.1, -0.05) is 36.8 Å². The molecule has 0 saturated carbocycles. The highest BCUT2D eigenvalue weighted by Gasteiger charge is 2.32. The van der Waals surface area contributed by atoms with Crippen LogP contribution in [0.2, 0.25) is 0 Å². The lowest BCUT2D eigenvalue weighted by Gasteiger charge is -2.38. The van der Waals surface area contributed by atoms with E-state index in [0.717, 1.165) is 64.0 Å². The number of likely N-dealkylation sites (tertiary alicyclic amines) is 1. The molecule has 3 amide bonds. The van der Waals surface area contributed by atoms with Gasteiger partial charge in [-0.3, -0.25) is 0 Å². The maximum Gasteiger partial charge on any atom is 0.404 e. The summed E-state index contributed by atoms with van der Waals surface area (Å²) < 4.78 is 11.9. The largest absolute Gasteiger partial charge is 0.465 e. The number of carbonyl (C=O) groups excluding carboxylic acids is 1. The van der Waals surface area contributed by atoms with Crippen LogP contribution in [0.15, 0.2) is 30.3 Å². The lowest BCUT2D eigenvalue weighted by Crippen LogP contribution is -2.52. The number of nitrogens with zero attached hydrogens (tertiary/aromatic N) is 1. The SMILES string of the molecule is CNC[C@H](C[C@H]1CCCCOC1)NC(=O)N1CCC[C@@H](C(OCCNC(=O)O)c2ccccc2)C1. The number of hydrogen-bond donors (Lipinski definition) is 4. The molecule has 2 aliphatic heterocycles. The summed E-state index contributed by atoms with van der Waals surface area (Å²) in [5, 5.41) is 17.7. The van der Waals surface area contributed by atoms with Gasteiger partial charge in [0.05, 0.1) is 12.7 Å². The number of ether oxygens (including phenoxy) is 2. The lowest BCUT2D eigenvalue weighted by molar-refractivity contribution is -0.00853. The summed E-state index contributed by atoms with van der Waals surface area (Å²) in [6.07, 6.45) is 4.97.